The summed E-state index contributed by atoms with van der Waals surface area (Å²) in [7, 11) is 1.93. The van der Waals surface area contributed by atoms with Crippen LogP contribution in [0, 0.1) is 0 Å². The first-order valence-electron chi connectivity index (χ1n) is 8.14. The Morgan fingerprint density at radius 2 is 1.88 bits per heavy atom. The van der Waals surface area contributed by atoms with Gasteiger partial charge in [0.15, 0.2) is 17.3 Å². The van der Waals surface area contributed by atoms with Crippen molar-refractivity contribution in [3.63, 3.8) is 0 Å². The van der Waals surface area contributed by atoms with Crippen LogP contribution in [-0.4, -0.2) is 23.8 Å². The van der Waals surface area contributed by atoms with Gasteiger partial charge in [0.2, 0.25) is 12.7 Å². The summed E-state index contributed by atoms with van der Waals surface area (Å²) >= 11 is 0. The quantitative estimate of drug-likeness (QED) is 0.756. The van der Waals surface area contributed by atoms with Crippen molar-refractivity contribution in [1.29, 1.82) is 0 Å². The fraction of sp³-hybridized carbons (Fsp3) is 0.158. The summed E-state index contributed by atoms with van der Waals surface area (Å²) < 4.78 is 16.5. The molecule has 0 fully saturated rings. The van der Waals surface area contributed by atoms with Crippen molar-refractivity contribution in [2.75, 3.05) is 24.5 Å². The van der Waals surface area contributed by atoms with Crippen molar-refractivity contribution >= 4 is 11.5 Å². The first kappa shape index (κ1) is 16.0. The number of fused-ring (bicyclic) bond motifs is 1. The molecule has 0 aliphatic carbocycles. The van der Waals surface area contributed by atoms with E-state index in [9.17, 15) is 0 Å². The molecule has 0 bridgehead atoms. The van der Waals surface area contributed by atoms with Crippen molar-refractivity contribution in [2.24, 2.45) is 0 Å². The Kier molecular flexibility index (Phi) is 4.18. The predicted octanol–water partition coefficient (Wildman–Crippen LogP) is 3.22. The van der Waals surface area contributed by atoms with Gasteiger partial charge in [-0.05, 0) is 17.7 Å². The molecule has 1 aromatic heterocycles. The van der Waals surface area contributed by atoms with Crippen LogP contribution in [0.2, 0.25) is 0 Å². The highest BCUT2D eigenvalue weighted by Gasteiger charge is 2.17. The van der Waals surface area contributed by atoms with Crippen LogP contribution in [0.5, 0.6) is 23.1 Å². The van der Waals surface area contributed by atoms with E-state index in [4.69, 9.17) is 19.9 Å². The summed E-state index contributed by atoms with van der Waals surface area (Å²) in [5, 5.41) is 0. The zero-order valence-electron chi connectivity index (χ0n) is 14.3. The zero-order valence-corrected chi connectivity index (χ0v) is 14.3. The molecule has 26 heavy (non-hydrogen) atoms. The van der Waals surface area contributed by atoms with E-state index in [-0.39, 0.29) is 6.79 Å². The second kappa shape index (κ2) is 6.79. The van der Waals surface area contributed by atoms with Crippen LogP contribution >= 0.6 is 0 Å². The van der Waals surface area contributed by atoms with Crippen molar-refractivity contribution in [1.82, 2.24) is 9.97 Å². The molecule has 1 aliphatic heterocycles. The van der Waals surface area contributed by atoms with E-state index in [1.54, 1.807) is 18.2 Å². The molecule has 132 valence electrons. The number of hydrogen-bond donors (Lipinski definition) is 1. The Bertz CT molecular complexity index is 918. The molecule has 7 heteroatoms. The Labute approximate surface area is 151 Å². The highest BCUT2D eigenvalue weighted by Crippen LogP contribution is 2.38. The van der Waals surface area contributed by atoms with Gasteiger partial charge in [0, 0.05) is 19.7 Å². The van der Waals surface area contributed by atoms with E-state index >= 15 is 0 Å². The molecule has 0 spiro atoms. The maximum absolute atomic E-state index is 6.25. The number of nitrogen functional groups attached to an aromatic ring is 1. The van der Waals surface area contributed by atoms with Gasteiger partial charge in [0.1, 0.15) is 17.8 Å². The van der Waals surface area contributed by atoms with Gasteiger partial charge in [-0.15, -0.1) is 0 Å². The first-order chi connectivity index (χ1) is 12.7. The minimum Gasteiger partial charge on any atom is -0.454 e. The molecule has 1 aliphatic rings. The van der Waals surface area contributed by atoms with Gasteiger partial charge in [-0.3, -0.25) is 0 Å². The van der Waals surface area contributed by atoms with E-state index in [2.05, 4.69) is 22.1 Å². The molecule has 0 atom stereocenters. The van der Waals surface area contributed by atoms with Crippen molar-refractivity contribution in [3.05, 3.63) is 60.4 Å². The maximum atomic E-state index is 6.25. The molecule has 0 unspecified atom stereocenters. The maximum Gasteiger partial charge on any atom is 0.248 e. The third kappa shape index (κ3) is 3.19. The van der Waals surface area contributed by atoms with Gasteiger partial charge < -0.3 is 24.8 Å². The van der Waals surface area contributed by atoms with Gasteiger partial charge in [-0.25, -0.2) is 4.98 Å². The normalized spacial score (nSPS) is 12.0. The van der Waals surface area contributed by atoms with Crippen LogP contribution in [-0.2, 0) is 6.54 Å². The summed E-state index contributed by atoms with van der Waals surface area (Å²) in [6.07, 6.45) is 1.44. The standard InChI is InChI=1S/C19H18N4O3/c1-23(10-13-5-3-2-4-6-13)18-17(20)19(22-11-21-18)26-14-7-8-15-16(9-14)25-12-24-15/h2-9,11H,10,12,20H2,1H3. The summed E-state index contributed by atoms with van der Waals surface area (Å²) in [4.78, 5) is 10.4. The lowest BCUT2D eigenvalue weighted by atomic mass is 10.2. The number of hydrogen-bond acceptors (Lipinski definition) is 7. The molecule has 0 radical (unpaired) electrons. The number of nitrogens with zero attached hydrogens (tertiary/aromatic N) is 3. The molecule has 3 aromatic rings. The van der Waals surface area contributed by atoms with Crippen molar-refractivity contribution in [2.45, 2.75) is 6.54 Å². The number of anilines is 2. The molecule has 0 saturated heterocycles. The molecule has 2 heterocycles. The average molecular weight is 350 g/mol. The molecule has 0 amide bonds. The second-order valence-corrected chi connectivity index (χ2v) is 5.87. The number of aromatic nitrogens is 2. The van der Waals surface area contributed by atoms with E-state index < -0.39 is 0 Å². The van der Waals surface area contributed by atoms with Crippen LogP contribution in [0.15, 0.2) is 54.9 Å². The van der Waals surface area contributed by atoms with Crippen molar-refractivity contribution in [3.8, 4) is 23.1 Å². The molecule has 0 saturated carbocycles. The van der Waals surface area contributed by atoms with Gasteiger partial charge in [-0.1, -0.05) is 30.3 Å². The predicted molar refractivity (Wildman–Crippen MR) is 97.6 cm³/mol. The number of ether oxygens (including phenoxy) is 3. The van der Waals surface area contributed by atoms with Crippen LogP contribution in [0.4, 0.5) is 11.5 Å². The summed E-state index contributed by atoms with van der Waals surface area (Å²) in [5.74, 6) is 2.80. The van der Waals surface area contributed by atoms with E-state index in [1.807, 2.05) is 30.1 Å². The molecule has 2 N–H and O–H groups in total. The van der Waals surface area contributed by atoms with E-state index in [0.29, 0.717) is 41.2 Å². The van der Waals surface area contributed by atoms with E-state index in [1.165, 1.54) is 6.33 Å². The topological polar surface area (TPSA) is 82.7 Å². The van der Waals surface area contributed by atoms with Gasteiger partial charge in [0.25, 0.3) is 0 Å². The first-order valence-corrected chi connectivity index (χ1v) is 8.14. The van der Waals surface area contributed by atoms with Crippen LogP contribution in [0.1, 0.15) is 5.56 Å². The van der Waals surface area contributed by atoms with Crippen LogP contribution in [0.25, 0.3) is 0 Å². The minimum absolute atomic E-state index is 0.211. The number of rotatable bonds is 5. The van der Waals surface area contributed by atoms with Gasteiger partial charge in [-0.2, -0.15) is 4.98 Å². The Hall–Kier alpha value is -3.48. The Morgan fingerprint density at radius 1 is 1.08 bits per heavy atom. The smallest absolute Gasteiger partial charge is 0.248 e. The monoisotopic (exact) mass is 350 g/mol. The molecular formula is C19H18N4O3. The number of benzene rings is 2. The fourth-order valence-corrected chi connectivity index (χ4v) is 2.74. The van der Waals surface area contributed by atoms with Gasteiger partial charge >= 0.3 is 0 Å². The SMILES string of the molecule is CN(Cc1ccccc1)c1ncnc(Oc2ccc3c(c2)OCO3)c1N. The molecule has 4 rings (SSSR count). The second-order valence-electron chi connectivity index (χ2n) is 5.87. The summed E-state index contributed by atoms with van der Waals surface area (Å²) in [6.45, 7) is 0.883. The third-order valence-electron chi connectivity index (χ3n) is 4.01. The van der Waals surface area contributed by atoms with E-state index in [0.717, 1.165) is 5.56 Å². The average Bonchev–Trinajstić information content (AvgIpc) is 3.12. The molecular weight excluding hydrogens is 332 g/mol. The number of nitrogens with two attached hydrogens (primary N) is 1. The zero-order chi connectivity index (χ0) is 17.9. The summed E-state index contributed by atoms with van der Waals surface area (Å²) in [6, 6.07) is 15.4. The fourth-order valence-electron chi connectivity index (χ4n) is 2.74. The highest BCUT2D eigenvalue weighted by atomic mass is 16.7. The highest BCUT2D eigenvalue weighted by molar-refractivity contribution is 5.68. The Balaban J connectivity index is 1.55. The lowest BCUT2D eigenvalue weighted by molar-refractivity contribution is 0.174. The largest absolute Gasteiger partial charge is 0.454 e. The van der Waals surface area contributed by atoms with Gasteiger partial charge in [0.05, 0.1) is 0 Å². The van der Waals surface area contributed by atoms with Crippen molar-refractivity contribution < 1.29 is 14.2 Å². The Morgan fingerprint density at radius 3 is 2.73 bits per heavy atom. The van der Waals surface area contributed by atoms with Crippen LogP contribution < -0.4 is 24.8 Å². The molecule has 2 aromatic carbocycles. The molecule has 7 nitrogen and oxygen atoms in total. The lowest BCUT2D eigenvalue weighted by Crippen LogP contribution is -2.19. The summed E-state index contributed by atoms with van der Waals surface area (Å²) in [5.41, 5.74) is 7.79. The minimum atomic E-state index is 0.211. The van der Waals surface area contributed by atoms with Crippen LogP contribution in [0.3, 0.4) is 0 Å². The third-order valence-corrected chi connectivity index (χ3v) is 4.01. The lowest BCUT2D eigenvalue weighted by Gasteiger charge is -2.20.